The predicted octanol–water partition coefficient (Wildman–Crippen LogP) is 5.63. The van der Waals surface area contributed by atoms with Crippen molar-refractivity contribution in [3.05, 3.63) is 62.7 Å². The number of aromatic amines is 1. The molecule has 0 aliphatic carbocycles. The van der Waals surface area contributed by atoms with E-state index in [-0.39, 0.29) is 12.4 Å². The van der Waals surface area contributed by atoms with Crippen molar-refractivity contribution in [2.45, 2.75) is 26.7 Å². The van der Waals surface area contributed by atoms with Gasteiger partial charge in [0.25, 0.3) is 0 Å². The molecule has 0 saturated carbocycles. The fraction of sp³-hybridized carbons (Fsp3) is 0.273. The number of carbonyl (C=O) groups excluding carboxylic acids is 2. The minimum Gasteiger partial charge on any atom is -0.466 e. The molecule has 0 spiro atoms. The van der Waals surface area contributed by atoms with E-state index in [1.807, 2.05) is 42.5 Å². The lowest BCUT2D eigenvalue weighted by Gasteiger charge is -2.05. The summed E-state index contributed by atoms with van der Waals surface area (Å²) in [6.07, 6.45) is 0.642. The number of anilines is 1. The van der Waals surface area contributed by atoms with Crippen LogP contribution in [0, 0.1) is 0 Å². The average molecular weight is 540 g/mol. The molecule has 1 aromatic heterocycles. The highest BCUT2D eigenvalue weighted by Crippen LogP contribution is 2.30. The zero-order chi connectivity index (χ0) is 22.1. The van der Waals surface area contributed by atoms with E-state index >= 15 is 0 Å². The number of hydrogen-bond acceptors (Lipinski definition) is 5. The summed E-state index contributed by atoms with van der Waals surface area (Å²) in [5, 5.41) is 0.904. The third-order valence-electron chi connectivity index (χ3n) is 4.16. The normalized spacial score (nSPS) is 10.3. The summed E-state index contributed by atoms with van der Waals surface area (Å²) in [5.74, 6) is -0.689. The van der Waals surface area contributed by atoms with Gasteiger partial charge in [0.05, 0.1) is 18.7 Å². The van der Waals surface area contributed by atoms with Crippen LogP contribution in [0.1, 0.15) is 36.3 Å². The van der Waals surface area contributed by atoms with Crippen molar-refractivity contribution >= 4 is 60.4 Å². The van der Waals surface area contributed by atoms with Crippen LogP contribution in [-0.4, -0.2) is 30.1 Å². The summed E-state index contributed by atoms with van der Waals surface area (Å²) < 4.78 is 11.9. The molecular weight excluding hydrogens is 516 g/mol. The van der Waals surface area contributed by atoms with Gasteiger partial charge >= 0.3 is 11.9 Å². The number of hydrogen-bond donors (Lipinski definition) is 2. The van der Waals surface area contributed by atoms with E-state index in [0.717, 1.165) is 31.1 Å². The number of rotatable bonds is 6. The number of nitrogens with two attached hydrogens (primary N) is 1. The maximum Gasteiger partial charge on any atom is 0.355 e. The Morgan fingerprint density at radius 2 is 1.63 bits per heavy atom. The first-order chi connectivity index (χ1) is 14.4. The fourth-order valence-corrected chi connectivity index (χ4v) is 3.56. The second-order valence-electron chi connectivity index (χ2n) is 6.19. The van der Waals surface area contributed by atoms with E-state index < -0.39 is 5.97 Å². The Kier molecular flexibility index (Phi) is 9.39. The molecule has 30 heavy (non-hydrogen) atoms. The molecule has 3 N–H and O–H groups in total. The molecular formula is C22H24Br2N2O4. The van der Waals surface area contributed by atoms with Gasteiger partial charge in [0, 0.05) is 26.4 Å². The number of esters is 2. The summed E-state index contributed by atoms with van der Waals surface area (Å²) in [6.45, 7) is 4.18. The second-order valence-corrected chi connectivity index (χ2v) is 7.90. The molecule has 0 fully saturated rings. The quantitative estimate of drug-likeness (QED) is 0.312. The van der Waals surface area contributed by atoms with Crippen LogP contribution < -0.4 is 5.73 Å². The van der Waals surface area contributed by atoms with Gasteiger partial charge in [-0.1, -0.05) is 24.3 Å². The molecule has 0 unspecified atom stereocenters. The number of nitrogens with one attached hydrogen (secondary N) is 1. The van der Waals surface area contributed by atoms with E-state index in [2.05, 4.69) is 36.8 Å². The van der Waals surface area contributed by atoms with E-state index in [4.69, 9.17) is 15.2 Å². The third kappa shape index (κ3) is 6.34. The van der Waals surface area contributed by atoms with Crippen LogP contribution in [0.3, 0.4) is 0 Å². The second kappa shape index (κ2) is 11.8. The monoisotopic (exact) mass is 538 g/mol. The summed E-state index contributed by atoms with van der Waals surface area (Å²) >= 11 is 6.73. The van der Waals surface area contributed by atoms with Gasteiger partial charge in [0.1, 0.15) is 5.69 Å². The lowest BCUT2D eigenvalue weighted by Crippen LogP contribution is -2.10. The molecule has 0 radical (unpaired) electrons. The maximum atomic E-state index is 12.1. The van der Waals surface area contributed by atoms with Crippen molar-refractivity contribution in [2.75, 3.05) is 18.9 Å². The van der Waals surface area contributed by atoms with Gasteiger partial charge < -0.3 is 20.2 Å². The molecule has 0 aliphatic rings. The number of H-pyrrole nitrogens is 1. The van der Waals surface area contributed by atoms with Gasteiger partial charge in [-0.05, 0) is 75.9 Å². The number of ether oxygens (including phenoxy) is 2. The number of fused-ring (bicyclic) bond motifs is 1. The Morgan fingerprint density at radius 3 is 2.23 bits per heavy atom. The largest absolute Gasteiger partial charge is 0.466 e. The van der Waals surface area contributed by atoms with Crippen molar-refractivity contribution in [1.82, 2.24) is 4.98 Å². The first-order valence-corrected chi connectivity index (χ1v) is 11.1. The van der Waals surface area contributed by atoms with Crippen LogP contribution in [0.15, 0.2) is 51.4 Å². The summed E-state index contributed by atoms with van der Waals surface area (Å²) in [7, 11) is 0. The van der Waals surface area contributed by atoms with Gasteiger partial charge in [-0.25, -0.2) is 4.79 Å². The maximum absolute atomic E-state index is 12.1. The van der Waals surface area contributed by atoms with Crippen molar-refractivity contribution in [3.63, 3.8) is 0 Å². The number of benzene rings is 2. The smallest absolute Gasteiger partial charge is 0.355 e. The average Bonchev–Trinajstić information content (AvgIpc) is 3.10. The lowest BCUT2D eigenvalue weighted by atomic mass is 10.1. The molecule has 3 rings (SSSR count). The molecule has 0 aliphatic heterocycles. The van der Waals surface area contributed by atoms with Gasteiger partial charge in [-0.15, -0.1) is 0 Å². The van der Waals surface area contributed by atoms with Crippen LogP contribution in [0.25, 0.3) is 10.9 Å². The number of nitrogen functional groups attached to an aromatic ring is 1. The molecule has 0 saturated heterocycles. The van der Waals surface area contributed by atoms with Crippen molar-refractivity contribution < 1.29 is 19.1 Å². The predicted molar refractivity (Wildman–Crippen MR) is 125 cm³/mol. The highest BCUT2D eigenvalue weighted by molar-refractivity contribution is 9.11. The number of carbonyl (C=O) groups is 2. The number of aromatic nitrogens is 1. The van der Waals surface area contributed by atoms with Crippen LogP contribution in [0.4, 0.5) is 5.69 Å². The molecule has 160 valence electrons. The third-order valence-corrected chi connectivity index (χ3v) is 5.54. The van der Waals surface area contributed by atoms with E-state index in [0.29, 0.717) is 25.3 Å². The first kappa shape index (κ1) is 24.0. The Balaban J connectivity index is 0.000000335. The van der Waals surface area contributed by atoms with E-state index in [1.165, 1.54) is 0 Å². The fourth-order valence-electron chi connectivity index (χ4n) is 2.81. The molecule has 1 heterocycles. The van der Waals surface area contributed by atoms with E-state index in [9.17, 15) is 9.59 Å². The molecule has 3 aromatic rings. The Morgan fingerprint density at radius 1 is 0.967 bits per heavy atom. The molecule has 0 amide bonds. The molecule has 0 atom stereocenters. The van der Waals surface area contributed by atoms with Gasteiger partial charge in [0.2, 0.25) is 0 Å². The summed E-state index contributed by atoms with van der Waals surface area (Å²) in [5.41, 5.74) is 8.26. The zero-order valence-electron chi connectivity index (χ0n) is 16.8. The molecule has 8 heteroatoms. The van der Waals surface area contributed by atoms with E-state index in [1.54, 1.807) is 13.8 Å². The number of para-hydroxylation sites is 2. The summed E-state index contributed by atoms with van der Waals surface area (Å²) in [4.78, 5) is 26.8. The Labute approximate surface area is 192 Å². The lowest BCUT2D eigenvalue weighted by molar-refractivity contribution is -0.143. The molecule has 6 nitrogen and oxygen atoms in total. The molecule has 0 bridgehead atoms. The number of aryl methyl sites for hydroxylation is 1. The zero-order valence-corrected chi connectivity index (χ0v) is 20.0. The van der Waals surface area contributed by atoms with Gasteiger partial charge in [0.15, 0.2) is 0 Å². The van der Waals surface area contributed by atoms with Crippen LogP contribution in [0.2, 0.25) is 0 Å². The van der Waals surface area contributed by atoms with Crippen molar-refractivity contribution in [2.24, 2.45) is 0 Å². The Bertz CT molecular complexity index is 997. The SMILES string of the molecule is CCOC(=O)CCc1c(C(=O)OCC)[nH]c2c(Br)cccc12.Nc1ccccc1Br. The highest BCUT2D eigenvalue weighted by atomic mass is 79.9. The van der Waals surface area contributed by atoms with Crippen molar-refractivity contribution in [1.29, 1.82) is 0 Å². The van der Waals surface area contributed by atoms with Gasteiger partial charge in [-0.2, -0.15) is 0 Å². The van der Waals surface area contributed by atoms with Crippen molar-refractivity contribution in [3.8, 4) is 0 Å². The van der Waals surface area contributed by atoms with Crippen LogP contribution in [-0.2, 0) is 20.7 Å². The van der Waals surface area contributed by atoms with Crippen LogP contribution in [0.5, 0.6) is 0 Å². The minimum absolute atomic E-state index is 0.222. The standard InChI is InChI=1S/C16H18BrNO4.C6H6BrN/c1-3-21-13(19)9-8-11-10-6-5-7-12(17)14(10)18-15(11)16(20)22-4-2;7-5-3-1-2-4-6(5)8/h5-7,18H,3-4,8-9H2,1-2H3;1-4H,8H2. The summed E-state index contributed by atoms with van der Waals surface area (Å²) in [6, 6.07) is 13.3. The Hall–Kier alpha value is -2.32. The van der Waals surface area contributed by atoms with Gasteiger partial charge in [-0.3, -0.25) is 4.79 Å². The van der Waals surface area contributed by atoms with Crippen LogP contribution >= 0.6 is 31.9 Å². The highest BCUT2D eigenvalue weighted by Gasteiger charge is 2.20. The topological polar surface area (TPSA) is 94.4 Å². The molecule has 2 aromatic carbocycles. The minimum atomic E-state index is -0.413. The first-order valence-electron chi connectivity index (χ1n) is 9.50. The number of halogens is 2.